The van der Waals surface area contributed by atoms with Gasteiger partial charge in [0.05, 0.1) is 9.85 Å². The Hall–Kier alpha value is -1.57. The van der Waals surface area contributed by atoms with Gasteiger partial charge in [-0.05, 0) is 11.6 Å². The normalized spacial score (nSPS) is 14.1. The van der Waals surface area contributed by atoms with E-state index in [4.69, 9.17) is 2.74 Å². The molecule has 0 spiro atoms. The highest BCUT2D eigenvalue weighted by molar-refractivity contribution is 5.86. The maximum atomic E-state index is 10.9. The van der Waals surface area contributed by atoms with E-state index >= 15 is 0 Å². The van der Waals surface area contributed by atoms with Crippen LogP contribution in [0.25, 0.3) is 6.05 Å². The molecular formula is C10H10O2. The fraction of sp³-hybridized carbons (Fsp3) is 0.100. The smallest absolute Gasteiger partial charge is 0.330 e. The first-order valence-corrected chi connectivity index (χ1v) is 3.48. The molecule has 1 rings (SSSR count). The molecule has 0 radical (unpaired) electrons. The lowest BCUT2D eigenvalue weighted by Crippen LogP contribution is -1.92. The third-order valence-corrected chi connectivity index (χ3v) is 1.27. The Balaban J connectivity index is 3.05. The van der Waals surface area contributed by atoms with Crippen molar-refractivity contribution in [1.29, 1.82) is 0 Å². The molecule has 1 aromatic carbocycles. The molecule has 0 saturated heterocycles. The predicted octanol–water partition coefficient (Wildman–Crippen LogP) is 1.87. The van der Waals surface area contributed by atoms with Crippen molar-refractivity contribution >= 4 is 12.0 Å². The second-order valence-corrected chi connectivity index (χ2v) is 2.11. The van der Waals surface area contributed by atoms with Gasteiger partial charge in [0.2, 0.25) is 0 Å². The maximum Gasteiger partial charge on any atom is 0.330 e. The molecule has 0 heterocycles. The first kappa shape index (κ1) is 6.00. The number of hydrogen-bond acceptors (Lipinski definition) is 2. The van der Waals surface area contributed by atoms with Crippen molar-refractivity contribution in [3.05, 3.63) is 41.9 Å². The van der Waals surface area contributed by atoms with Gasteiger partial charge < -0.3 is 4.74 Å². The van der Waals surface area contributed by atoms with Gasteiger partial charge in [-0.15, -0.1) is 0 Å². The van der Waals surface area contributed by atoms with E-state index in [2.05, 4.69) is 4.74 Å². The van der Waals surface area contributed by atoms with E-state index in [-0.39, 0.29) is 6.05 Å². The summed E-state index contributed by atoms with van der Waals surface area (Å²) in [6, 6.07) is 8.07. The monoisotopic (exact) mass is 164 g/mol. The van der Waals surface area contributed by atoms with Gasteiger partial charge in [0.25, 0.3) is 0 Å². The maximum absolute atomic E-state index is 10.9. The lowest BCUT2D eigenvalue weighted by molar-refractivity contribution is -0.134. The molecule has 0 amide bonds. The van der Waals surface area contributed by atoms with Crippen molar-refractivity contribution in [2.45, 2.75) is 0 Å². The van der Waals surface area contributed by atoms with E-state index in [1.54, 1.807) is 30.3 Å². The van der Waals surface area contributed by atoms with E-state index < -0.39 is 12.0 Å². The molecule has 2 nitrogen and oxygen atoms in total. The molecule has 0 aliphatic heterocycles. The molecule has 0 aliphatic carbocycles. The number of ether oxygens (including phenoxy) is 1. The topological polar surface area (TPSA) is 26.3 Å². The lowest BCUT2D eigenvalue weighted by atomic mass is 10.2. The summed E-state index contributed by atoms with van der Waals surface area (Å²) in [7, 11) is 1.19. The van der Waals surface area contributed by atoms with Crippen LogP contribution < -0.4 is 0 Å². The number of esters is 1. The standard InChI is InChI=1S/C10H10O2/c1-12-10(11)8-7-9-5-3-2-4-6-9/h2-8H,1H3/b8-7+/i7D,8D. The van der Waals surface area contributed by atoms with Crippen LogP contribution in [0.4, 0.5) is 0 Å². The summed E-state index contributed by atoms with van der Waals surface area (Å²) in [5.74, 6) is -0.793. The first-order valence-electron chi connectivity index (χ1n) is 4.48. The van der Waals surface area contributed by atoms with Crippen molar-refractivity contribution in [2.75, 3.05) is 7.11 Å². The molecule has 0 fully saturated rings. The molecule has 0 bridgehead atoms. The van der Waals surface area contributed by atoms with Crippen molar-refractivity contribution in [3.8, 4) is 0 Å². The summed E-state index contributed by atoms with van der Waals surface area (Å²) in [4.78, 5) is 10.9. The second kappa shape index (κ2) is 4.34. The first-order chi connectivity index (χ1) is 6.66. The number of carbonyl (C=O) groups excluding carboxylic acids is 1. The quantitative estimate of drug-likeness (QED) is 0.492. The van der Waals surface area contributed by atoms with Gasteiger partial charge in [-0.3, -0.25) is 0 Å². The third kappa shape index (κ3) is 2.58. The molecule has 0 aliphatic rings. The van der Waals surface area contributed by atoms with Gasteiger partial charge >= 0.3 is 5.97 Å². The van der Waals surface area contributed by atoms with Crippen LogP contribution in [0.2, 0.25) is 0 Å². The van der Waals surface area contributed by atoms with Crippen LogP contribution in [-0.2, 0) is 9.53 Å². The van der Waals surface area contributed by atoms with Crippen LogP contribution >= 0.6 is 0 Å². The summed E-state index contributed by atoms with van der Waals surface area (Å²) in [6.07, 6.45) is 0. The van der Waals surface area contributed by atoms with Gasteiger partial charge in [-0.25, -0.2) is 4.79 Å². The van der Waals surface area contributed by atoms with E-state index in [1.807, 2.05) is 0 Å². The van der Waals surface area contributed by atoms with Gasteiger partial charge in [0.15, 0.2) is 0 Å². The van der Waals surface area contributed by atoms with Crippen LogP contribution in [0.5, 0.6) is 0 Å². The minimum Gasteiger partial charge on any atom is -0.466 e. The molecule has 0 atom stereocenters. The summed E-state index contributed by atoms with van der Waals surface area (Å²) >= 11 is 0. The highest BCUT2D eigenvalue weighted by Gasteiger charge is 1.89. The zero-order chi connectivity index (χ0) is 10.6. The van der Waals surface area contributed by atoms with Gasteiger partial charge in [0, 0.05) is 6.05 Å². The highest BCUT2D eigenvalue weighted by Crippen LogP contribution is 2.00. The van der Waals surface area contributed by atoms with Gasteiger partial charge in [-0.1, -0.05) is 30.3 Å². The van der Waals surface area contributed by atoms with Gasteiger partial charge in [-0.2, -0.15) is 0 Å². The second-order valence-electron chi connectivity index (χ2n) is 2.11. The Labute approximate surface area is 74.3 Å². The van der Waals surface area contributed by atoms with Crippen molar-refractivity contribution < 1.29 is 12.3 Å². The zero-order valence-corrected chi connectivity index (χ0v) is 6.70. The number of benzene rings is 1. The van der Waals surface area contributed by atoms with E-state index in [9.17, 15) is 4.79 Å². The van der Waals surface area contributed by atoms with Gasteiger partial charge in [0.1, 0.15) is 0 Å². The highest BCUT2D eigenvalue weighted by atomic mass is 16.5. The van der Waals surface area contributed by atoms with Crippen LogP contribution in [-0.4, -0.2) is 13.1 Å². The predicted molar refractivity (Wildman–Crippen MR) is 47.5 cm³/mol. The molecule has 0 N–H and O–H groups in total. The molecule has 2 heteroatoms. The molecule has 12 heavy (non-hydrogen) atoms. The van der Waals surface area contributed by atoms with E-state index in [0.717, 1.165) is 0 Å². The van der Waals surface area contributed by atoms with Crippen molar-refractivity contribution in [3.63, 3.8) is 0 Å². The Morgan fingerprint density at radius 1 is 1.50 bits per heavy atom. The third-order valence-electron chi connectivity index (χ3n) is 1.27. The summed E-state index contributed by atoms with van der Waals surface area (Å²) in [6.45, 7) is 0. The van der Waals surface area contributed by atoms with Crippen LogP contribution in [0.15, 0.2) is 36.4 Å². The molecular weight excluding hydrogens is 152 g/mol. The summed E-state index contributed by atoms with van der Waals surface area (Å²) < 4.78 is 19.2. The van der Waals surface area contributed by atoms with Crippen LogP contribution in [0, 0.1) is 0 Å². The molecule has 0 saturated carbocycles. The average Bonchev–Trinajstić information content (AvgIpc) is 2.27. The summed E-state index contributed by atoms with van der Waals surface area (Å²) in [5.41, 5.74) is 0.530. The largest absolute Gasteiger partial charge is 0.466 e. The Kier molecular flexibility index (Phi) is 2.17. The fourth-order valence-corrected chi connectivity index (χ4v) is 0.696. The summed E-state index contributed by atoms with van der Waals surface area (Å²) in [5, 5.41) is 0. The Bertz CT molecular complexity index is 358. The lowest BCUT2D eigenvalue weighted by Gasteiger charge is -1.91. The van der Waals surface area contributed by atoms with E-state index in [0.29, 0.717) is 5.56 Å². The minimum atomic E-state index is -0.793. The molecule has 62 valence electrons. The number of carbonyl (C=O) groups is 1. The number of methoxy groups -OCH3 is 1. The van der Waals surface area contributed by atoms with Crippen molar-refractivity contribution in [2.24, 2.45) is 0 Å². The Morgan fingerprint density at radius 3 is 2.75 bits per heavy atom. The average molecular weight is 164 g/mol. The number of hydrogen-bond donors (Lipinski definition) is 0. The number of rotatable bonds is 2. The molecule has 1 aromatic rings. The minimum absolute atomic E-state index is 0.127. The SMILES string of the molecule is [2H]/C(C(=O)OC)=C(/[2H])c1ccccc1. The van der Waals surface area contributed by atoms with E-state index in [1.165, 1.54) is 7.11 Å². The zero-order valence-electron chi connectivity index (χ0n) is 8.70. The Morgan fingerprint density at radius 2 is 2.17 bits per heavy atom. The van der Waals surface area contributed by atoms with Crippen LogP contribution in [0.1, 0.15) is 8.30 Å². The van der Waals surface area contributed by atoms with Crippen molar-refractivity contribution in [1.82, 2.24) is 0 Å². The van der Waals surface area contributed by atoms with Crippen LogP contribution in [0.3, 0.4) is 0 Å². The fourth-order valence-electron chi connectivity index (χ4n) is 0.696. The molecule has 0 aromatic heterocycles. The molecule has 0 unspecified atom stereocenters.